The van der Waals surface area contributed by atoms with E-state index in [2.05, 4.69) is 10.0 Å². The van der Waals surface area contributed by atoms with Crippen LogP contribution in [0.5, 0.6) is 5.75 Å². The van der Waals surface area contributed by atoms with Crippen LogP contribution in [0.2, 0.25) is 0 Å². The minimum atomic E-state index is -3.90. The number of benzene rings is 2. The van der Waals surface area contributed by atoms with Gasteiger partial charge in [0.1, 0.15) is 5.75 Å². The van der Waals surface area contributed by atoms with Crippen LogP contribution in [0, 0.1) is 0 Å². The predicted molar refractivity (Wildman–Crippen MR) is 86.1 cm³/mol. The summed E-state index contributed by atoms with van der Waals surface area (Å²) in [5, 5.41) is 12.7. The van der Waals surface area contributed by atoms with E-state index >= 15 is 0 Å². The van der Waals surface area contributed by atoms with E-state index < -0.39 is 15.9 Å². The highest BCUT2D eigenvalue weighted by Gasteiger charge is 2.19. The molecular weight excluding hydrogens is 318 g/mol. The molecule has 3 rings (SSSR count). The molecule has 1 aliphatic rings. The van der Waals surface area contributed by atoms with Gasteiger partial charge < -0.3 is 16.2 Å². The standard InChI is InChI=1S/C15H15N3O4S/c16-15(20)12-8-11(3-4-14(12)19)23(21,22)18-10-2-1-9-5-6-17-13(9)7-10/h1-4,7-8,17-19H,5-6H2,(H2,16,20). The highest BCUT2D eigenvalue weighted by atomic mass is 32.2. The van der Waals surface area contributed by atoms with Gasteiger partial charge in [0.25, 0.3) is 15.9 Å². The third kappa shape index (κ3) is 2.93. The Hall–Kier alpha value is -2.74. The Kier molecular flexibility index (Phi) is 3.61. The topological polar surface area (TPSA) is 122 Å². The average Bonchev–Trinajstić information content (AvgIpc) is 2.94. The van der Waals surface area contributed by atoms with Gasteiger partial charge in [0, 0.05) is 12.2 Å². The van der Waals surface area contributed by atoms with Gasteiger partial charge in [-0.1, -0.05) is 6.07 Å². The molecule has 0 saturated heterocycles. The molecule has 1 heterocycles. The van der Waals surface area contributed by atoms with Gasteiger partial charge in [-0.2, -0.15) is 0 Å². The van der Waals surface area contributed by atoms with E-state index in [1.54, 1.807) is 12.1 Å². The van der Waals surface area contributed by atoms with E-state index in [-0.39, 0.29) is 16.2 Å². The number of fused-ring (bicyclic) bond motifs is 1. The maximum absolute atomic E-state index is 12.4. The minimum absolute atomic E-state index is 0.155. The van der Waals surface area contributed by atoms with Crippen LogP contribution in [0.15, 0.2) is 41.3 Å². The number of nitrogens with two attached hydrogens (primary N) is 1. The van der Waals surface area contributed by atoms with Gasteiger partial charge in [0.05, 0.1) is 16.1 Å². The van der Waals surface area contributed by atoms with Crippen LogP contribution in [0.1, 0.15) is 15.9 Å². The summed E-state index contributed by atoms with van der Waals surface area (Å²) in [6.07, 6.45) is 0.905. The molecule has 0 fully saturated rings. The number of amides is 1. The van der Waals surface area contributed by atoms with Crippen LogP contribution < -0.4 is 15.8 Å². The second kappa shape index (κ2) is 5.47. The minimum Gasteiger partial charge on any atom is -0.507 e. The lowest BCUT2D eigenvalue weighted by Gasteiger charge is -2.11. The molecule has 0 radical (unpaired) electrons. The van der Waals surface area contributed by atoms with Crippen molar-refractivity contribution in [1.82, 2.24) is 0 Å². The van der Waals surface area contributed by atoms with Crippen LogP contribution in [0.25, 0.3) is 0 Å². The van der Waals surface area contributed by atoms with Crippen molar-refractivity contribution in [2.45, 2.75) is 11.3 Å². The number of hydrogen-bond donors (Lipinski definition) is 4. The molecule has 0 bridgehead atoms. The Balaban J connectivity index is 1.93. The summed E-state index contributed by atoms with van der Waals surface area (Å²) in [6, 6.07) is 8.63. The Morgan fingerprint density at radius 3 is 2.74 bits per heavy atom. The first kappa shape index (κ1) is 15.2. The average molecular weight is 333 g/mol. The number of sulfonamides is 1. The lowest BCUT2D eigenvalue weighted by molar-refractivity contribution is 0.0997. The molecule has 5 N–H and O–H groups in total. The Morgan fingerprint density at radius 2 is 2.00 bits per heavy atom. The van der Waals surface area contributed by atoms with Gasteiger partial charge in [-0.15, -0.1) is 0 Å². The first-order valence-corrected chi connectivity index (χ1v) is 8.37. The van der Waals surface area contributed by atoms with Crippen molar-refractivity contribution in [3.63, 3.8) is 0 Å². The SMILES string of the molecule is NC(=O)c1cc(S(=O)(=O)Nc2ccc3c(c2)NCC3)ccc1O. The Labute approximate surface area is 133 Å². The van der Waals surface area contributed by atoms with Gasteiger partial charge in [0.15, 0.2) is 0 Å². The van der Waals surface area contributed by atoms with Crippen molar-refractivity contribution in [3.8, 4) is 5.75 Å². The number of rotatable bonds is 4. The fraction of sp³-hybridized carbons (Fsp3) is 0.133. The van der Waals surface area contributed by atoms with Crippen molar-refractivity contribution in [3.05, 3.63) is 47.5 Å². The fourth-order valence-electron chi connectivity index (χ4n) is 2.45. The molecule has 0 aliphatic carbocycles. The monoisotopic (exact) mass is 333 g/mol. The van der Waals surface area contributed by atoms with Crippen molar-refractivity contribution in [1.29, 1.82) is 0 Å². The van der Waals surface area contributed by atoms with Gasteiger partial charge >= 0.3 is 0 Å². The molecule has 7 nitrogen and oxygen atoms in total. The van der Waals surface area contributed by atoms with Crippen molar-refractivity contribution in [2.75, 3.05) is 16.6 Å². The number of nitrogens with one attached hydrogen (secondary N) is 2. The van der Waals surface area contributed by atoms with Crippen LogP contribution in [0.3, 0.4) is 0 Å². The molecule has 1 amide bonds. The summed E-state index contributed by atoms with van der Waals surface area (Å²) < 4.78 is 27.3. The summed E-state index contributed by atoms with van der Waals surface area (Å²) in [7, 11) is -3.90. The normalized spacial score (nSPS) is 13.2. The number of carbonyl (C=O) groups is 1. The maximum atomic E-state index is 12.4. The van der Waals surface area contributed by atoms with E-state index in [0.717, 1.165) is 36.3 Å². The highest BCUT2D eigenvalue weighted by molar-refractivity contribution is 7.92. The Morgan fingerprint density at radius 1 is 1.22 bits per heavy atom. The third-order valence-corrected chi connectivity index (χ3v) is 4.99. The van der Waals surface area contributed by atoms with E-state index in [1.807, 2.05) is 6.07 Å². The number of aromatic hydroxyl groups is 1. The summed E-state index contributed by atoms with van der Waals surface area (Å²) in [4.78, 5) is 11.1. The quantitative estimate of drug-likeness (QED) is 0.671. The molecule has 2 aromatic rings. The van der Waals surface area contributed by atoms with Crippen molar-refractivity contribution < 1.29 is 18.3 Å². The third-order valence-electron chi connectivity index (χ3n) is 3.62. The molecule has 0 aromatic heterocycles. The second-order valence-corrected chi connectivity index (χ2v) is 6.88. The number of phenols is 1. The number of hydrogen-bond acceptors (Lipinski definition) is 5. The molecule has 0 saturated carbocycles. The largest absolute Gasteiger partial charge is 0.507 e. The van der Waals surface area contributed by atoms with Crippen LogP contribution in [0.4, 0.5) is 11.4 Å². The number of primary amides is 1. The first-order valence-electron chi connectivity index (χ1n) is 6.89. The van der Waals surface area contributed by atoms with Crippen LogP contribution in [-0.4, -0.2) is 26.0 Å². The smallest absolute Gasteiger partial charge is 0.261 e. The molecule has 8 heteroatoms. The fourth-order valence-corrected chi connectivity index (χ4v) is 3.52. The number of carbonyl (C=O) groups excluding carboxylic acids is 1. The molecule has 23 heavy (non-hydrogen) atoms. The zero-order valence-corrected chi connectivity index (χ0v) is 12.9. The lowest BCUT2D eigenvalue weighted by atomic mass is 10.1. The molecule has 0 atom stereocenters. The molecule has 2 aromatic carbocycles. The molecule has 0 spiro atoms. The molecule has 0 unspecified atom stereocenters. The zero-order chi connectivity index (χ0) is 16.6. The van der Waals surface area contributed by atoms with E-state index in [1.165, 1.54) is 6.07 Å². The van der Waals surface area contributed by atoms with Crippen molar-refractivity contribution in [2.24, 2.45) is 5.73 Å². The van der Waals surface area contributed by atoms with Crippen LogP contribution >= 0.6 is 0 Å². The maximum Gasteiger partial charge on any atom is 0.261 e. The lowest BCUT2D eigenvalue weighted by Crippen LogP contribution is -2.16. The number of anilines is 2. The van der Waals surface area contributed by atoms with Gasteiger partial charge in [-0.25, -0.2) is 8.42 Å². The zero-order valence-electron chi connectivity index (χ0n) is 12.0. The highest BCUT2D eigenvalue weighted by Crippen LogP contribution is 2.28. The molecular formula is C15H15N3O4S. The van der Waals surface area contributed by atoms with Gasteiger partial charge in [0.2, 0.25) is 0 Å². The van der Waals surface area contributed by atoms with Crippen LogP contribution in [-0.2, 0) is 16.4 Å². The van der Waals surface area contributed by atoms with Crippen molar-refractivity contribution >= 4 is 27.3 Å². The second-order valence-electron chi connectivity index (χ2n) is 5.20. The first-order chi connectivity index (χ1) is 10.9. The summed E-state index contributed by atoms with van der Waals surface area (Å²) in [5.74, 6) is -1.26. The molecule has 1 aliphatic heterocycles. The summed E-state index contributed by atoms with van der Waals surface area (Å²) in [5.41, 5.74) is 7.31. The van der Waals surface area contributed by atoms with E-state index in [9.17, 15) is 18.3 Å². The van der Waals surface area contributed by atoms with Gasteiger partial charge in [-0.3, -0.25) is 9.52 Å². The predicted octanol–water partition coefficient (Wildman–Crippen LogP) is 1.26. The summed E-state index contributed by atoms with van der Waals surface area (Å²) in [6.45, 7) is 0.825. The van der Waals surface area contributed by atoms with E-state index in [4.69, 9.17) is 5.73 Å². The molecule has 120 valence electrons. The van der Waals surface area contributed by atoms with Gasteiger partial charge in [-0.05, 0) is 42.3 Å². The summed E-state index contributed by atoms with van der Waals surface area (Å²) >= 11 is 0. The Bertz CT molecular complexity index is 894. The van der Waals surface area contributed by atoms with E-state index in [0.29, 0.717) is 5.69 Å².